The molecule has 3 nitrogen and oxygen atoms in total. The molecule has 1 aromatic heterocycles. The zero-order valence-corrected chi connectivity index (χ0v) is 16.5. The number of hydrogen-bond acceptors (Lipinski definition) is 3. The van der Waals surface area contributed by atoms with E-state index in [9.17, 15) is 4.39 Å². The normalized spacial score (nSPS) is 18.4. The first kappa shape index (κ1) is 18.4. The van der Waals surface area contributed by atoms with Crippen LogP contribution >= 0.6 is 0 Å². The smallest absolute Gasteiger partial charge is 0.224 e. The fourth-order valence-corrected chi connectivity index (χ4v) is 3.70. The number of nitrogens with zero attached hydrogens (tertiary/aromatic N) is 2. The van der Waals surface area contributed by atoms with Crippen LogP contribution in [0, 0.1) is 12.7 Å². The van der Waals surface area contributed by atoms with Crippen molar-refractivity contribution in [3.63, 3.8) is 0 Å². The highest BCUT2D eigenvalue weighted by Crippen LogP contribution is 2.39. The predicted octanol–water partition coefficient (Wildman–Crippen LogP) is 5.76. The van der Waals surface area contributed by atoms with Crippen molar-refractivity contribution >= 4 is 5.71 Å². The minimum Gasteiger partial charge on any atom is -0.458 e. The van der Waals surface area contributed by atoms with Gasteiger partial charge in [0.2, 0.25) is 5.72 Å². The molecule has 1 aliphatic rings. The minimum absolute atomic E-state index is 0.226. The molecule has 0 N–H and O–H groups in total. The number of fused-ring (bicyclic) bond motifs is 1. The van der Waals surface area contributed by atoms with E-state index in [1.807, 2.05) is 49.5 Å². The highest BCUT2D eigenvalue weighted by atomic mass is 19.1. The van der Waals surface area contributed by atoms with E-state index in [0.29, 0.717) is 17.2 Å². The average molecular weight is 374 g/mol. The third-order valence-corrected chi connectivity index (χ3v) is 5.10. The van der Waals surface area contributed by atoms with E-state index < -0.39 is 11.5 Å². The Balaban J connectivity index is 1.93. The fourth-order valence-electron chi connectivity index (χ4n) is 3.70. The third-order valence-electron chi connectivity index (χ3n) is 5.10. The summed E-state index contributed by atoms with van der Waals surface area (Å²) >= 11 is 0. The highest BCUT2D eigenvalue weighted by Gasteiger charge is 2.36. The fraction of sp³-hybridized carbons (Fsp3) is 0.250. The van der Waals surface area contributed by atoms with Gasteiger partial charge in [-0.2, -0.15) is 0 Å². The number of ether oxygens (including phenoxy) is 1. The number of aryl methyl sites for hydroxylation is 1. The van der Waals surface area contributed by atoms with Crippen LogP contribution in [0.1, 0.15) is 54.6 Å². The maximum Gasteiger partial charge on any atom is 0.224 e. The summed E-state index contributed by atoms with van der Waals surface area (Å²) in [7, 11) is 0. The largest absolute Gasteiger partial charge is 0.458 e. The Morgan fingerprint density at radius 3 is 2.46 bits per heavy atom. The van der Waals surface area contributed by atoms with Gasteiger partial charge in [0.15, 0.2) is 11.6 Å². The van der Waals surface area contributed by atoms with Gasteiger partial charge in [-0.25, -0.2) is 9.38 Å². The zero-order chi connectivity index (χ0) is 19.9. The molecule has 0 saturated heterocycles. The Morgan fingerprint density at radius 1 is 1.04 bits per heavy atom. The molecule has 1 atom stereocenters. The molecule has 2 aromatic carbocycles. The second-order valence-corrected chi connectivity index (χ2v) is 7.61. The van der Waals surface area contributed by atoms with E-state index in [1.54, 1.807) is 6.07 Å². The molecular formula is C24H23FN2O. The Bertz CT molecular complexity index is 1060. The van der Waals surface area contributed by atoms with Crippen molar-refractivity contribution in [2.45, 2.75) is 39.3 Å². The number of halogens is 1. The van der Waals surface area contributed by atoms with Gasteiger partial charge in [-0.1, -0.05) is 50.2 Å². The quantitative estimate of drug-likeness (QED) is 0.584. The van der Waals surface area contributed by atoms with Gasteiger partial charge in [0, 0.05) is 35.5 Å². The van der Waals surface area contributed by atoms with Crippen LogP contribution in [0.3, 0.4) is 0 Å². The summed E-state index contributed by atoms with van der Waals surface area (Å²) in [6, 6.07) is 16.7. The van der Waals surface area contributed by atoms with E-state index in [0.717, 1.165) is 22.4 Å². The topological polar surface area (TPSA) is 34.5 Å². The number of hydrogen-bond donors (Lipinski definition) is 0. The number of para-hydroxylation sites is 1. The molecule has 0 fully saturated rings. The minimum atomic E-state index is -1.02. The van der Waals surface area contributed by atoms with E-state index in [1.165, 1.54) is 6.07 Å². The summed E-state index contributed by atoms with van der Waals surface area (Å²) in [5, 5.41) is 0. The molecule has 0 bridgehead atoms. The van der Waals surface area contributed by atoms with Gasteiger partial charge in [-0.05, 0) is 36.6 Å². The molecule has 142 valence electrons. The van der Waals surface area contributed by atoms with Crippen LogP contribution < -0.4 is 4.74 Å². The molecule has 1 unspecified atom stereocenters. The average Bonchev–Trinajstić information content (AvgIpc) is 2.68. The number of benzene rings is 2. The predicted molar refractivity (Wildman–Crippen MR) is 110 cm³/mol. The van der Waals surface area contributed by atoms with Gasteiger partial charge in [-0.15, -0.1) is 0 Å². The second-order valence-electron chi connectivity index (χ2n) is 7.61. The number of aliphatic imine (C=N–C) groups is 1. The van der Waals surface area contributed by atoms with Gasteiger partial charge in [0.25, 0.3) is 0 Å². The highest BCUT2D eigenvalue weighted by molar-refractivity contribution is 6.15. The van der Waals surface area contributed by atoms with E-state index in [4.69, 9.17) is 9.73 Å². The Kier molecular flexibility index (Phi) is 4.50. The summed E-state index contributed by atoms with van der Waals surface area (Å²) in [6.07, 6.45) is 1.83. The monoisotopic (exact) mass is 374 g/mol. The third kappa shape index (κ3) is 3.09. The van der Waals surface area contributed by atoms with Gasteiger partial charge in [-0.3, -0.25) is 4.98 Å². The molecule has 0 amide bonds. The molecule has 4 rings (SSSR count). The van der Waals surface area contributed by atoms with Crippen LogP contribution in [-0.2, 0) is 5.72 Å². The lowest BCUT2D eigenvalue weighted by atomic mass is 9.95. The van der Waals surface area contributed by atoms with Crippen LogP contribution in [0.2, 0.25) is 0 Å². The Hall–Kier alpha value is -3.01. The summed E-state index contributed by atoms with van der Waals surface area (Å²) in [5.74, 6) is 0.171. The first-order valence-electron chi connectivity index (χ1n) is 9.49. The van der Waals surface area contributed by atoms with E-state index >= 15 is 0 Å². The summed E-state index contributed by atoms with van der Waals surface area (Å²) in [6.45, 7) is 8.16. The molecule has 28 heavy (non-hydrogen) atoms. The molecule has 0 radical (unpaired) electrons. The van der Waals surface area contributed by atoms with Crippen molar-refractivity contribution in [3.8, 4) is 5.75 Å². The molecular weight excluding hydrogens is 351 g/mol. The van der Waals surface area contributed by atoms with Crippen LogP contribution in [0.15, 0.2) is 65.8 Å². The molecule has 0 saturated carbocycles. The van der Waals surface area contributed by atoms with Crippen molar-refractivity contribution in [1.82, 2.24) is 4.98 Å². The van der Waals surface area contributed by atoms with Crippen molar-refractivity contribution in [3.05, 3.63) is 94.6 Å². The molecule has 1 aliphatic heterocycles. The lowest BCUT2D eigenvalue weighted by Gasteiger charge is -2.33. The number of pyridine rings is 1. The Morgan fingerprint density at radius 2 is 1.79 bits per heavy atom. The maximum atomic E-state index is 14.7. The van der Waals surface area contributed by atoms with Crippen molar-refractivity contribution < 1.29 is 9.13 Å². The maximum absolute atomic E-state index is 14.7. The summed E-state index contributed by atoms with van der Waals surface area (Å²) in [4.78, 5) is 9.59. The summed E-state index contributed by atoms with van der Waals surface area (Å²) < 4.78 is 20.8. The van der Waals surface area contributed by atoms with Crippen LogP contribution in [0.4, 0.5) is 4.39 Å². The van der Waals surface area contributed by atoms with Crippen LogP contribution in [-0.4, -0.2) is 10.7 Å². The molecule has 2 heterocycles. The molecule has 4 heteroatoms. The zero-order valence-electron chi connectivity index (χ0n) is 16.5. The van der Waals surface area contributed by atoms with E-state index in [2.05, 4.69) is 31.8 Å². The SMILES string of the molecule is Cc1cc(C2=NC(C)(c3ccccc3)Oc3c(F)cccc32)cnc1C(C)C. The Labute approximate surface area is 164 Å². The lowest BCUT2D eigenvalue weighted by molar-refractivity contribution is 0.0872. The first-order chi connectivity index (χ1) is 13.4. The van der Waals surface area contributed by atoms with E-state index in [-0.39, 0.29) is 5.75 Å². The first-order valence-corrected chi connectivity index (χ1v) is 9.49. The molecule has 0 aliphatic carbocycles. The van der Waals surface area contributed by atoms with Crippen LogP contribution in [0.5, 0.6) is 5.75 Å². The lowest BCUT2D eigenvalue weighted by Crippen LogP contribution is -2.34. The van der Waals surface area contributed by atoms with Crippen molar-refractivity contribution in [2.24, 2.45) is 4.99 Å². The van der Waals surface area contributed by atoms with Crippen molar-refractivity contribution in [1.29, 1.82) is 0 Å². The molecule has 3 aromatic rings. The van der Waals surface area contributed by atoms with Gasteiger partial charge < -0.3 is 4.74 Å². The van der Waals surface area contributed by atoms with Crippen molar-refractivity contribution in [2.75, 3.05) is 0 Å². The van der Waals surface area contributed by atoms with Gasteiger partial charge in [0.05, 0.1) is 5.71 Å². The number of rotatable bonds is 3. The van der Waals surface area contributed by atoms with Gasteiger partial charge in [0.1, 0.15) is 0 Å². The van der Waals surface area contributed by atoms with Gasteiger partial charge >= 0.3 is 0 Å². The standard InChI is InChI=1S/C24H23FN2O/c1-15(2)21-16(3)13-17(14-26-21)22-19-11-8-12-20(25)23(19)28-24(4,27-22)18-9-6-5-7-10-18/h5-15H,1-4H3. The summed E-state index contributed by atoms with van der Waals surface area (Å²) in [5.41, 5.74) is 4.20. The second kappa shape index (κ2) is 6.86. The van der Waals surface area contributed by atoms with Crippen LogP contribution in [0.25, 0.3) is 0 Å². The molecule has 0 spiro atoms. The number of aromatic nitrogens is 1.